The van der Waals surface area contributed by atoms with Crippen molar-refractivity contribution in [2.45, 2.75) is 39.2 Å². The molecule has 0 aliphatic carbocycles. The van der Waals surface area contributed by atoms with Crippen molar-refractivity contribution in [3.63, 3.8) is 0 Å². The third-order valence-electron chi connectivity index (χ3n) is 5.24. The average molecular weight is 361 g/mol. The third kappa shape index (κ3) is 5.99. The van der Waals surface area contributed by atoms with Crippen LogP contribution >= 0.6 is 0 Å². The van der Waals surface area contributed by atoms with E-state index in [-0.39, 0.29) is 5.41 Å². The van der Waals surface area contributed by atoms with Gasteiger partial charge < -0.3 is 15.4 Å². The first kappa shape index (κ1) is 20.7. The quantitative estimate of drug-likeness (QED) is 0.579. The molecule has 1 fully saturated rings. The van der Waals surface area contributed by atoms with Crippen LogP contribution in [0.5, 0.6) is 0 Å². The van der Waals surface area contributed by atoms with Crippen molar-refractivity contribution in [1.82, 2.24) is 15.5 Å². The Morgan fingerprint density at radius 2 is 1.81 bits per heavy atom. The zero-order valence-electron chi connectivity index (χ0n) is 17.1. The second kappa shape index (κ2) is 9.93. The lowest BCUT2D eigenvalue weighted by Gasteiger charge is -2.37. The molecule has 0 aromatic heterocycles. The van der Waals surface area contributed by atoms with Gasteiger partial charge in [0.1, 0.15) is 0 Å². The first-order valence-electron chi connectivity index (χ1n) is 9.76. The molecule has 2 rings (SSSR count). The molecule has 0 spiro atoms. The Morgan fingerprint density at radius 3 is 2.38 bits per heavy atom. The normalized spacial score (nSPS) is 18.0. The standard InChI is InChI=1S/C21H36N4O/c1-17(2)19(25-11-13-26-14-12-25)15-23-20(22-5)24-16-21(3,4)18-9-7-6-8-10-18/h6-10,17,19H,11-16H2,1-5H3,(H2,22,23,24). The summed E-state index contributed by atoms with van der Waals surface area (Å²) < 4.78 is 5.50. The fourth-order valence-electron chi connectivity index (χ4n) is 3.41. The Bertz CT molecular complexity index is 550. The van der Waals surface area contributed by atoms with E-state index in [2.05, 4.69) is 78.6 Å². The molecule has 1 aliphatic rings. The van der Waals surface area contributed by atoms with E-state index in [9.17, 15) is 0 Å². The smallest absolute Gasteiger partial charge is 0.191 e. The van der Waals surface area contributed by atoms with Gasteiger partial charge in [0.15, 0.2) is 5.96 Å². The lowest BCUT2D eigenvalue weighted by Crippen LogP contribution is -2.53. The molecule has 146 valence electrons. The molecule has 0 radical (unpaired) electrons. The number of hydrogen-bond donors (Lipinski definition) is 2. The van der Waals surface area contributed by atoms with Crippen LogP contribution in [0.15, 0.2) is 35.3 Å². The van der Waals surface area contributed by atoms with Crippen LogP contribution in [0.3, 0.4) is 0 Å². The first-order chi connectivity index (χ1) is 12.4. The van der Waals surface area contributed by atoms with Crippen molar-refractivity contribution in [3.05, 3.63) is 35.9 Å². The second-order valence-electron chi connectivity index (χ2n) is 8.02. The van der Waals surface area contributed by atoms with E-state index in [1.807, 2.05) is 7.05 Å². The van der Waals surface area contributed by atoms with Crippen LogP contribution in [-0.2, 0) is 10.2 Å². The van der Waals surface area contributed by atoms with E-state index >= 15 is 0 Å². The summed E-state index contributed by atoms with van der Waals surface area (Å²) in [6.07, 6.45) is 0. The van der Waals surface area contributed by atoms with E-state index < -0.39 is 0 Å². The van der Waals surface area contributed by atoms with Crippen molar-refractivity contribution in [1.29, 1.82) is 0 Å². The molecule has 2 N–H and O–H groups in total. The maximum Gasteiger partial charge on any atom is 0.191 e. The summed E-state index contributed by atoms with van der Waals surface area (Å²) in [5.41, 5.74) is 1.37. The molecule has 1 atom stereocenters. The molecule has 1 unspecified atom stereocenters. The number of guanidine groups is 1. The van der Waals surface area contributed by atoms with Gasteiger partial charge in [0, 0.05) is 44.7 Å². The molecule has 1 aromatic rings. The summed E-state index contributed by atoms with van der Waals surface area (Å²) >= 11 is 0. The van der Waals surface area contributed by atoms with Crippen molar-refractivity contribution in [2.24, 2.45) is 10.9 Å². The number of aliphatic imine (C=N–C) groups is 1. The lowest BCUT2D eigenvalue weighted by molar-refractivity contribution is 0.00752. The summed E-state index contributed by atoms with van der Waals surface area (Å²) in [7, 11) is 1.84. The number of hydrogen-bond acceptors (Lipinski definition) is 3. The zero-order valence-corrected chi connectivity index (χ0v) is 17.1. The summed E-state index contributed by atoms with van der Waals surface area (Å²) in [6.45, 7) is 14.5. The Hall–Kier alpha value is -1.59. The Morgan fingerprint density at radius 1 is 1.15 bits per heavy atom. The molecule has 5 heteroatoms. The Kier molecular flexibility index (Phi) is 7.91. The van der Waals surface area contributed by atoms with Gasteiger partial charge in [-0.1, -0.05) is 58.0 Å². The van der Waals surface area contributed by atoms with Gasteiger partial charge in [0.05, 0.1) is 13.2 Å². The lowest BCUT2D eigenvalue weighted by atomic mass is 9.85. The van der Waals surface area contributed by atoms with Crippen LogP contribution in [0.25, 0.3) is 0 Å². The predicted octanol–water partition coefficient (Wildman–Crippen LogP) is 2.49. The zero-order chi connectivity index (χ0) is 19.0. The van der Waals surface area contributed by atoms with Gasteiger partial charge in [-0.3, -0.25) is 9.89 Å². The number of benzene rings is 1. The van der Waals surface area contributed by atoms with Crippen LogP contribution < -0.4 is 10.6 Å². The highest BCUT2D eigenvalue weighted by Gasteiger charge is 2.24. The van der Waals surface area contributed by atoms with Gasteiger partial charge in [-0.2, -0.15) is 0 Å². The largest absolute Gasteiger partial charge is 0.379 e. The number of nitrogens with zero attached hydrogens (tertiary/aromatic N) is 2. The fraction of sp³-hybridized carbons (Fsp3) is 0.667. The molecular weight excluding hydrogens is 324 g/mol. The molecule has 0 saturated carbocycles. The Balaban J connectivity index is 1.88. The molecular formula is C21H36N4O. The minimum atomic E-state index is 0.0422. The molecule has 1 aliphatic heterocycles. The van der Waals surface area contributed by atoms with Crippen LogP contribution in [0.1, 0.15) is 33.3 Å². The third-order valence-corrected chi connectivity index (χ3v) is 5.24. The molecule has 0 amide bonds. The molecule has 5 nitrogen and oxygen atoms in total. The van der Waals surface area contributed by atoms with Crippen molar-refractivity contribution >= 4 is 5.96 Å². The topological polar surface area (TPSA) is 48.9 Å². The van der Waals surface area contributed by atoms with E-state index in [1.165, 1.54) is 5.56 Å². The number of morpholine rings is 1. The summed E-state index contributed by atoms with van der Waals surface area (Å²) in [6, 6.07) is 11.1. The maximum atomic E-state index is 5.50. The minimum absolute atomic E-state index is 0.0422. The highest BCUT2D eigenvalue weighted by molar-refractivity contribution is 5.79. The van der Waals surface area contributed by atoms with Gasteiger partial charge in [-0.15, -0.1) is 0 Å². The van der Waals surface area contributed by atoms with Crippen LogP contribution in [0.4, 0.5) is 0 Å². The first-order valence-corrected chi connectivity index (χ1v) is 9.76. The molecule has 1 aromatic carbocycles. The minimum Gasteiger partial charge on any atom is -0.379 e. The summed E-state index contributed by atoms with van der Waals surface area (Å²) in [5.74, 6) is 1.45. The van der Waals surface area contributed by atoms with Crippen molar-refractivity contribution in [3.8, 4) is 0 Å². The van der Waals surface area contributed by atoms with Crippen LogP contribution in [-0.4, -0.2) is 63.3 Å². The highest BCUT2D eigenvalue weighted by Crippen LogP contribution is 2.21. The fourth-order valence-corrected chi connectivity index (χ4v) is 3.41. The van der Waals surface area contributed by atoms with E-state index in [0.717, 1.165) is 45.4 Å². The molecule has 26 heavy (non-hydrogen) atoms. The molecule has 0 bridgehead atoms. The highest BCUT2D eigenvalue weighted by atomic mass is 16.5. The van der Waals surface area contributed by atoms with E-state index in [4.69, 9.17) is 4.74 Å². The maximum absolute atomic E-state index is 5.50. The Labute approximate surface area is 159 Å². The average Bonchev–Trinajstić information content (AvgIpc) is 2.65. The summed E-state index contributed by atoms with van der Waals surface area (Å²) in [5, 5.41) is 7.03. The second-order valence-corrected chi connectivity index (χ2v) is 8.02. The number of ether oxygens (including phenoxy) is 1. The summed E-state index contributed by atoms with van der Waals surface area (Å²) in [4.78, 5) is 6.94. The van der Waals surface area contributed by atoms with Crippen LogP contribution in [0, 0.1) is 5.92 Å². The van der Waals surface area contributed by atoms with Crippen molar-refractivity contribution < 1.29 is 4.74 Å². The number of rotatable bonds is 7. The van der Waals surface area contributed by atoms with E-state index in [1.54, 1.807) is 0 Å². The van der Waals surface area contributed by atoms with Gasteiger partial charge >= 0.3 is 0 Å². The van der Waals surface area contributed by atoms with Gasteiger partial charge in [0.2, 0.25) is 0 Å². The number of nitrogens with one attached hydrogen (secondary N) is 2. The van der Waals surface area contributed by atoms with Gasteiger partial charge in [0.25, 0.3) is 0 Å². The molecule has 1 saturated heterocycles. The van der Waals surface area contributed by atoms with Crippen LogP contribution in [0.2, 0.25) is 0 Å². The van der Waals surface area contributed by atoms with Gasteiger partial charge in [-0.25, -0.2) is 0 Å². The van der Waals surface area contributed by atoms with Crippen molar-refractivity contribution in [2.75, 3.05) is 46.4 Å². The molecule has 1 heterocycles. The van der Waals surface area contributed by atoms with Gasteiger partial charge in [-0.05, 0) is 11.5 Å². The van der Waals surface area contributed by atoms with E-state index in [0.29, 0.717) is 12.0 Å². The monoisotopic (exact) mass is 360 g/mol. The SMILES string of the molecule is CN=C(NCC(C(C)C)N1CCOCC1)NCC(C)(C)c1ccccc1. The predicted molar refractivity (Wildman–Crippen MR) is 110 cm³/mol.